The Morgan fingerprint density at radius 1 is 1.12 bits per heavy atom. The van der Waals surface area contributed by atoms with Crippen molar-refractivity contribution in [2.24, 2.45) is 5.92 Å². The lowest BCUT2D eigenvalue weighted by Gasteiger charge is -2.21. The van der Waals surface area contributed by atoms with Gasteiger partial charge in [-0.3, -0.25) is 9.59 Å². The number of hydrogen-bond acceptors (Lipinski definition) is 5. The summed E-state index contributed by atoms with van der Waals surface area (Å²) in [5, 5.41) is 8.18. The van der Waals surface area contributed by atoms with Gasteiger partial charge in [0.15, 0.2) is 0 Å². The van der Waals surface area contributed by atoms with Crippen molar-refractivity contribution >= 4 is 46.5 Å². The molecule has 0 saturated carbocycles. The first kappa shape index (κ1) is 22.9. The maximum absolute atomic E-state index is 13.0. The molecule has 2 amide bonds. The van der Waals surface area contributed by atoms with E-state index in [0.717, 1.165) is 5.56 Å². The van der Waals surface area contributed by atoms with Gasteiger partial charge in [-0.2, -0.15) is 5.10 Å². The molecule has 1 atom stereocenters. The molecule has 1 saturated heterocycles. The molecule has 0 aliphatic carbocycles. The van der Waals surface area contributed by atoms with Crippen LogP contribution in [0, 0.1) is 5.92 Å². The van der Waals surface area contributed by atoms with Crippen LogP contribution >= 0.6 is 23.2 Å². The second-order valence-electron chi connectivity index (χ2n) is 7.55. The Morgan fingerprint density at radius 2 is 1.85 bits per heavy atom. The van der Waals surface area contributed by atoms with Gasteiger partial charge in [0.25, 0.3) is 0 Å². The molecule has 172 valence electrons. The smallest absolute Gasteiger partial charge is 0.230 e. The molecule has 8 nitrogen and oxygen atoms in total. The van der Waals surface area contributed by atoms with Gasteiger partial charge in [-0.1, -0.05) is 35.3 Å². The number of nitrogens with zero attached hydrogens (tertiary/aromatic N) is 3. The Morgan fingerprint density at radius 3 is 2.55 bits per heavy atom. The molecule has 1 N–H and O–H groups in total. The van der Waals surface area contributed by atoms with Gasteiger partial charge >= 0.3 is 0 Å². The monoisotopic (exact) mass is 488 g/mol. The number of ether oxygens (including phenoxy) is 2. The van der Waals surface area contributed by atoms with Gasteiger partial charge in [-0.25, -0.2) is 4.68 Å². The van der Waals surface area contributed by atoms with Crippen LogP contribution in [0.3, 0.4) is 0 Å². The van der Waals surface area contributed by atoms with Crippen LogP contribution in [0.5, 0.6) is 11.5 Å². The molecule has 0 radical (unpaired) electrons. The highest BCUT2D eigenvalue weighted by Crippen LogP contribution is 2.40. The number of hydrogen-bond donors (Lipinski definition) is 1. The van der Waals surface area contributed by atoms with Gasteiger partial charge in [0, 0.05) is 30.1 Å². The van der Waals surface area contributed by atoms with Crippen LogP contribution in [0.25, 0.3) is 0 Å². The number of carbonyl (C=O) groups excluding carboxylic acids is 2. The van der Waals surface area contributed by atoms with E-state index in [9.17, 15) is 9.59 Å². The number of anilines is 2. The molecule has 2 aromatic carbocycles. The summed E-state index contributed by atoms with van der Waals surface area (Å²) in [7, 11) is 3.00. The molecule has 10 heteroatoms. The van der Waals surface area contributed by atoms with E-state index < -0.39 is 5.92 Å². The summed E-state index contributed by atoms with van der Waals surface area (Å²) in [5.74, 6) is 0.429. The fraction of sp³-hybridized carbons (Fsp3) is 0.261. The molecule has 2 heterocycles. The van der Waals surface area contributed by atoms with Crippen LogP contribution in [-0.4, -0.2) is 42.4 Å². The summed E-state index contributed by atoms with van der Waals surface area (Å²) in [6, 6.07) is 12.3. The minimum absolute atomic E-state index is 0.0734. The number of aromatic nitrogens is 2. The maximum Gasteiger partial charge on any atom is 0.230 e. The zero-order valence-corrected chi connectivity index (χ0v) is 19.6. The van der Waals surface area contributed by atoms with Crippen molar-refractivity contribution in [3.05, 3.63) is 64.3 Å². The highest BCUT2D eigenvalue weighted by molar-refractivity contribution is 6.32. The van der Waals surface area contributed by atoms with E-state index in [4.69, 9.17) is 32.7 Å². The van der Waals surface area contributed by atoms with Crippen molar-refractivity contribution in [1.29, 1.82) is 0 Å². The first-order chi connectivity index (χ1) is 15.9. The summed E-state index contributed by atoms with van der Waals surface area (Å²) in [5.41, 5.74) is 1.49. The quantitative estimate of drug-likeness (QED) is 0.537. The third kappa shape index (κ3) is 4.91. The van der Waals surface area contributed by atoms with Gasteiger partial charge in [-0.15, -0.1) is 0 Å². The number of amides is 2. The minimum Gasteiger partial charge on any atom is -0.495 e. The molecular weight excluding hydrogens is 467 g/mol. The second-order valence-corrected chi connectivity index (χ2v) is 8.40. The number of rotatable bonds is 7. The molecule has 0 spiro atoms. The van der Waals surface area contributed by atoms with Gasteiger partial charge in [0.05, 0.1) is 43.6 Å². The number of methoxy groups -OCH3 is 2. The van der Waals surface area contributed by atoms with Crippen LogP contribution in [0.1, 0.15) is 12.0 Å². The summed E-state index contributed by atoms with van der Waals surface area (Å²) in [4.78, 5) is 27.2. The summed E-state index contributed by atoms with van der Waals surface area (Å²) < 4.78 is 12.3. The third-order valence-electron chi connectivity index (χ3n) is 5.45. The largest absolute Gasteiger partial charge is 0.495 e. The Labute approximate surface area is 201 Å². The zero-order chi connectivity index (χ0) is 23.5. The lowest BCUT2D eigenvalue weighted by atomic mass is 10.1. The van der Waals surface area contributed by atoms with Crippen LogP contribution in [0.15, 0.2) is 48.7 Å². The number of nitrogens with one attached hydrogen (secondary N) is 1. The minimum atomic E-state index is -0.540. The maximum atomic E-state index is 13.0. The Hall–Kier alpha value is -3.23. The topological polar surface area (TPSA) is 85.7 Å². The lowest BCUT2D eigenvalue weighted by Crippen LogP contribution is -2.29. The van der Waals surface area contributed by atoms with E-state index in [0.29, 0.717) is 39.6 Å². The van der Waals surface area contributed by atoms with Crippen LogP contribution < -0.4 is 19.7 Å². The molecule has 1 aliphatic heterocycles. The van der Waals surface area contributed by atoms with Crippen LogP contribution in [0.4, 0.5) is 11.5 Å². The molecule has 33 heavy (non-hydrogen) atoms. The first-order valence-corrected chi connectivity index (χ1v) is 10.9. The van der Waals surface area contributed by atoms with Crippen LogP contribution in [-0.2, 0) is 16.1 Å². The van der Waals surface area contributed by atoms with Crippen molar-refractivity contribution in [3.8, 4) is 11.5 Å². The zero-order valence-electron chi connectivity index (χ0n) is 18.0. The Kier molecular flexibility index (Phi) is 6.76. The lowest BCUT2D eigenvalue weighted by molar-refractivity contribution is -0.122. The molecule has 3 aromatic rings. The Balaban J connectivity index is 1.47. The average Bonchev–Trinajstić information content (AvgIpc) is 3.41. The Bertz CT molecular complexity index is 1180. The van der Waals surface area contributed by atoms with E-state index in [1.807, 2.05) is 12.1 Å². The van der Waals surface area contributed by atoms with Crippen LogP contribution in [0.2, 0.25) is 10.0 Å². The van der Waals surface area contributed by atoms with Gasteiger partial charge in [-0.05, 0) is 23.8 Å². The van der Waals surface area contributed by atoms with E-state index in [1.165, 1.54) is 19.1 Å². The number of halogens is 2. The van der Waals surface area contributed by atoms with Crippen molar-refractivity contribution < 1.29 is 19.1 Å². The molecule has 1 aliphatic rings. The van der Waals surface area contributed by atoms with Crippen molar-refractivity contribution in [1.82, 2.24) is 9.78 Å². The molecule has 0 bridgehead atoms. The van der Waals surface area contributed by atoms with Crippen molar-refractivity contribution in [2.75, 3.05) is 31.0 Å². The van der Waals surface area contributed by atoms with E-state index in [-0.39, 0.29) is 24.8 Å². The molecule has 1 aromatic heterocycles. The second kappa shape index (κ2) is 9.72. The first-order valence-electron chi connectivity index (χ1n) is 10.2. The third-order valence-corrected chi connectivity index (χ3v) is 6.00. The van der Waals surface area contributed by atoms with Gasteiger partial charge < -0.3 is 19.7 Å². The van der Waals surface area contributed by atoms with E-state index in [1.54, 1.807) is 41.2 Å². The standard InChI is InChI=1S/C23H22Cl2N4O4/c1-32-19-11-20(33-2)18(10-17(19)25)28-13-15(9-22(28)30)23(31)27-21-7-8-26-29(21)12-14-3-5-16(24)6-4-14/h3-8,10-11,15H,9,12-13H2,1-2H3,(H,27,31). The normalized spacial score (nSPS) is 15.6. The fourth-order valence-corrected chi connectivity index (χ4v) is 4.09. The predicted molar refractivity (Wildman–Crippen MR) is 126 cm³/mol. The summed E-state index contributed by atoms with van der Waals surface area (Å²) in [6.45, 7) is 0.673. The van der Waals surface area contributed by atoms with Crippen molar-refractivity contribution in [3.63, 3.8) is 0 Å². The summed E-state index contributed by atoms with van der Waals surface area (Å²) in [6.07, 6.45) is 1.69. The number of benzene rings is 2. The van der Waals surface area contributed by atoms with E-state index in [2.05, 4.69) is 10.4 Å². The molecule has 1 fully saturated rings. The average molecular weight is 489 g/mol. The van der Waals surface area contributed by atoms with Gasteiger partial charge in [0.1, 0.15) is 17.3 Å². The molecular formula is C23H22Cl2N4O4. The highest BCUT2D eigenvalue weighted by Gasteiger charge is 2.37. The van der Waals surface area contributed by atoms with Crippen molar-refractivity contribution in [2.45, 2.75) is 13.0 Å². The molecule has 4 rings (SSSR count). The highest BCUT2D eigenvalue weighted by atomic mass is 35.5. The SMILES string of the molecule is COc1cc(OC)c(N2CC(C(=O)Nc3ccnn3Cc3ccc(Cl)cc3)CC2=O)cc1Cl. The van der Waals surface area contributed by atoms with E-state index >= 15 is 0 Å². The summed E-state index contributed by atoms with van der Waals surface area (Å²) >= 11 is 12.2. The van der Waals surface area contributed by atoms with Gasteiger partial charge in [0.2, 0.25) is 11.8 Å². The predicted octanol–water partition coefficient (Wildman–Crippen LogP) is 4.25. The number of carbonyl (C=O) groups is 2. The molecule has 1 unspecified atom stereocenters. The fourth-order valence-electron chi connectivity index (χ4n) is 3.73.